The van der Waals surface area contributed by atoms with Gasteiger partial charge in [0.05, 0.1) is 4.88 Å². The molecule has 1 aromatic carbocycles. The van der Waals surface area contributed by atoms with Gasteiger partial charge in [0.2, 0.25) is 12.7 Å². The molecule has 3 heterocycles. The molecule has 1 fully saturated rings. The molecule has 142 valence electrons. The van der Waals surface area contributed by atoms with E-state index in [4.69, 9.17) is 9.47 Å². The number of carbonyl (C=O) groups excluding carboxylic acids is 2. The Hall–Kier alpha value is -2.54. The highest BCUT2D eigenvalue weighted by molar-refractivity contribution is 7.12. The monoisotopic (exact) mass is 386 g/mol. The Morgan fingerprint density at radius 1 is 1.19 bits per heavy atom. The van der Waals surface area contributed by atoms with Crippen LogP contribution in [0.4, 0.5) is 0 Å². The highest BCUT2D eigenvalue weighted by atomic mass is 32.1. The zero-order chi connectivity index (χ0) is 18.8. The fraction of sp³-hybridized carbons (Fsp3) is 0.400. The summed E-state index contributed by atoms with van der Waals surface area (Å²) in [5.74, 6) is 1.65. The van der Waals surface area contributed by atoms with Gasteiger partial charge in [-0.05, 0) is 42.0 Å². The lowest BCUT2D eigenvalue weighted by atomic mass is 9.95. The van der Waals surface area contributed by atoms with Crippen molar-refractivity contribution in [2.75, 3.05) is 26.9 Å². The summed E-state index contributed by atoms with van der Waals surface area (Å²) in [7, 11) is 1.83. The number of hydrogen-bond acceptors (Lipinski definition) is 5. The van der Waals surface area contributed by atoms with E-state index in [1.165, 1.54) is 11.3 Å². The SMILES string of the molecule is CN(Cc1ccc2c(c1)OCO2)C(=O)C1CCN(C(=O)c2cccs2)CC1. The van der Waals surface area contributed by atoms with Crippen LogP contribution in [0, 0.1) is 5.92 Å². The fourth-order valence-electron chi connectivity index (χ4n) is 3.59. The van der Waals surface area contributed by atoms with E-state index in [2.05, 4.69) is 0 Å². The van der Waals surface area contributed by atoms with Crippen LogP contribution < -0.4 is 9.47 Å². The number of piperidine rings is 1. The van der Waals surface area contributed by atoms with Gasteiger partial charge in [-0.1, -0.05) is 12.1 Å². The molecule has 0 atom stereocenters. The van der Waals surface area contributed by atoms with E-state index >= 15 is 0 Å². The predicted octanol–water partition coefficient (Wildman–Crippen LogP) is 2.99. The summed E-state index contributed by atoms with van der Waals surface area (Å²) in [4.78, 5) is 29.6. The van der Waals surface area contributed by atoms with Crippen LogP contribution in [-0.2, 0) is 11.3 Å². The van der Waals surface area contributed by atoms with Crippen LogP contribution in [0.3, 0.4) is 0 Å². The predicted molar refractivity (Wildman–Crippen MR) is 102 cm³/mol. The largest absolute Gasteiger partial charge is 0.454 e. The highest BCUT2D eigenvalue weighted by Gasteiger charge is 2.30. The van der Waals surface area contributed by atoms with Crippen LogP contribution in [-0.4, -0.2) is 48.5 Å². The van der Waals surface area contributed by atoms with Crippen molar-refractivity contribution in [1.82, 2.24) is 9.80 Å². The van der Waals surface area contributed by atoms with Crippen LogP contribution in [0.5, 0.6) is 11.5 Å². The second-order valence-electron chi connectivity index (χ2n) is 6.93. The molecule has 0 N–H and O–H groups in total. The van der Waals surface area contributed by atoms with Crippen molar-refractivity contribution >= 4 is 23.2 Å². The number of fused-ring (bicyclic) bond motifs is 1. The molecule has 1 saturated heterocycles. The highest BCUT2D eigenvalue weighted by Crippen LogP contribution is 2.33. The Morgan fingerprint density at radius 2 is 1.96 bits per heavy atom. The summed E-state index contributed by atoms with van der Waals surface area (Å²) in [6.07, 6.45) is 1.42. The lowest BCUT2D eigenvalue weighted by Crippen LogP contribution is -2.43. The molecule has 2 amide bonds. The van der Waals surface area contributed by atoms with E-state index in [0.29, 0.717) is 32.5 Å². The van der Waals surface area contributed by atoms with Gasteiger partial charge in [-0.3, -0.25) is 9.59 Å². The topological polar surface area (TPSA) is 59.1 Å². The number of amides is 2. The van der Waals surface area contributed by atoms with Crippen LogP contribution in [0.25, 0.3) is 0 Å². The van der Waals surface area contributed by atoms with Crippen molar-refractivity contribution in [3.8, 4) is 11.5 Å². The van der Waals surface area contributed by atoms with Crippen molar-refractivity contribution in [1.29, 1.82) is 0 Å². The lowest BCUT2D eigenvalue weighted by molar-refractivity contribution is -0.136. The van der Waals surface area contributed by atoms with Gasteiger partial charge >= 0.3 is 0 Å². The number of rotatable bonds is 4. The number of thiophene rings is 1. The zero-order valence-electron chi connectivity index (χ0n) is 15.2. The molecule has 0 unspecified atom stereocenters. The number of benzene rings is 1. The van der Waals surface area contributed by atoms with Crippen LogP contribution in [0.2, 0.25) is 0 Å². The fourth-order valence-corrected chi connectivity index (χ4v) is 4.28. The van der Waals surface area contributed by atoms with Gasteiger partial charge in [0.25, 0.3) is 5.91 Å². The summed E-state index contributed by atoms with van der Waals surface area (Å²) in [6.45, 7) is 2.04. The molecular weight excluding hydrogens is 364 g/mol. The molecule has 0 bridgehead atoms. The number of likely N-dealkylation sites (tertiary alicyclic amines) is 1. The minimum atomic E-state index is -0.0311. The lowest BCUT2D eigenvalue weighted by Gasteiger charge is -2.33. The molecule has 4 rings (SSSR count). The van der Waals surface area contributed by atoms with Crippen molar-refractivity contribution in [2.24, 2.45) is 5.92 Å². The average molecular weight is 386 g/mol. The van der Waals surface area contributed by atoms with Gasteiger partial charge in [0.15, 0.2) is 11.5 Å². The Balaban J connectivity index is 1.31. The van der Waals surface area contributed by atoms with Gasteiger partial charge in [-0.15, -0.1) is 11.3 Å². The van der Waals surface area contributed by atoms with E-state index in [9.17, 15) is 9.59 Å². The quantitative estimate of drug-likeness (QED) is 0.811. The van der Waals surface area contributed by atoms with E-state index in [-0.39, 0.29) is 24.5 Å². The third-order valence-electron chi connectivity index (χ3n) is 5.10. The summed E-state index contributed by atoms with van der Waals surface area (Å²) in [5, 5.41) is 1.91. The minimum absolute atomic E-state index is 0.0311. The van der Waals surface area contributed by atoms with Gasteiger partial charge in [0, 0.05) is 32.6 Å². The molecule has 0 spiro atoms. The standard InChI is InChI=1S/C20H22N2O4S/c1-21(12-14-4-5-16-17(11-14)26-13-25-16)19(23)15-6-8-22(9-7-15)20(24)18-3-2-10-27-18/h2-5,10-11,15H,6-9,12-13H2,1H3. The van der Waals surface area contributed by atoms with E-state index < -0.39 is 0 Å². The number of carbonyl (C=O) groups is 2. The van der Waals surface area contributed by atoms with E-state index in [1.54, 1.807) is 4.90 Å². The summed E-state index contributed by atoms with van der Waals surface area (Å²) in [6, 6.07) is 9.50. The molecule has 6 nitrogen and oxygen atoms in total. The number of nitrogens with zero attached hydrogens (tertiary/aromatic N) is 2. The van der Waals surface area contributed by atoms with Crippen molar-refractivity contribution < 1.29 is 19.1 Å². The molecule has 2 aromatic rings. The third kappa shape index (κ3) is 3.78. The molecular formula is C20H22N2O4S. The molecule has 0 aliphatic carbocycles. The first-order chi connectivity index (χ1) is 13.1. The van der Waals surface area contributed by atoms with Crippen LogP contribution in [0.1, 0.15) is 28.1 Å². The zero-order valence-corrected chi connectivity index (χ0v) is 16.0. The first-order valence-electron chi connectivity index (χ1n) is 9.08. The van der Waals surface area contributed by atoms with Crippen molar-refractivity contribution in [3.05, 3.63) is 46.2 Å². The first kappa shape index (κ1) is 17.9. The maximum Gasteiger partial charge on any atom is 0.263 e. The Bertz CT molecular complexity index is 829. The van der Waals surface area contributed by atoms with Gasteiger partial charge in [-0.25, -0.2) is 0 Å². The minimum Gasteiger partial charge on any atom is -0.454 e. The number of hydrogen-bond donors (Lipinski definition) is 0. The second kappa shape index (κ2) is 7.60. The normalized spacial score (nSPS) is 16.4. The molecule has 2 aliphatic rings. The van der Waals surface area contributed by atoms with Crippen molar-refractivity contribution in [3.63, 3.8) is 0 Å². The smallest absolute Gasteiger partial charge is 0.263 e. The summed E-state index contributed by atoms with van der Waals surface area (Å²) in [5.41, 5.74) is 1.01. The van der Waals surface area contributed by atoms with Gasteiger partial charge in [0.1, 0.15) is 0 Å². The van der Waals surface area contributed by atoms with Crippen molar-refractivity contribution in [2.45, 2.75) is 19.4 Å². The van der Waals surface area contributed by atoms with Crippen LogP contribution >= 0.6 is 11.3 Å². The van der Waals surface area contributed by atoms with E-state index in [0.717, 1.165) is 21.9 Å². The average Bonchev–Trinajstić information content (AvgIpc) is 3.38. The Labute approximate surface area is 162 Å². The van der Waals surface area contributed by atoms with Crippen LogP contribution in [0.15, 0.2) is 35.7 Å². The molecule has 0 saturated carbocycles. The van der Waals surface area contributed by atoms with E-state index in [1.807, 2.05) is 47.7 Å². The van der Waals surface area contributed by atoms with Gasteiger partial charge < -0.3 is 19.3 Å². The molecule has 7 heteroatoms. The Morgan fingerprint density at radius 3 is 2.70 bits per heavy atom. The first-order valence-corrected chi connectivity index (χ1v) is 9.96. The number of ether oxygens (including phenoxy) is 2. The third-order valence-corrected chi connectivity index (χ3v) is 5.95. The molecule has 27 heavy (non-hydrogen) atoms. The molecule has 0 radical (unpaired) electrons. The maximum atomic E-state index is 12.8. The molecule has 1 aromatic heterocycles. The maximum absolute atomic E-state index is 12.8. The second-order valence-corrected chi connectivity index (χ2v) is 7.87. The summed E-state index contributed by atoms with van der Waals surface area (Å²) >= 11 is 1.46. The summed E-state index contributed by atoms with van der Waals surface area (Å²) < 4.78 is 10.7. The molecule has 2 aliphatic heterocycles. The Kier molecular flexibility index (Phi) is 5.03. The van der Waals surface area contributed by atoms with Gasteiger partial charge in [-0.2, -0.15) is 0 Å².